The van der Waals surface area contributed by atoms with Crippen molar-refractivity contribution in [2.24, 2.45) is 0 Å². The predicted molar refractivity (Wildman–Crippen MR) is 82.4 cm³/mol. The van der Waals surface area contributed by atoms with E-state index in [1.54, 1.807) is 23.9 Å². The van der Waals surface area contributed by atoms with Crippen molar-refractivity contribution >= 4 is 39.3 Å². The zero-order valence-electron chi connectivity index (χ0n) is 10.9. The molecule has 0 amide bonds. The second kappa shape index (κ2) is 6.15. The van der Waals surface area contributed by atoms with Gasteiger partial charge >= 0.3 is 0 Å². The Morgan fingerprint density at radius 2 is 2.25 bits per heavy atom. The van der Waals surface area contributed by atoms with Crippen LogP contribution in [0.3, 0.4) is 0 Å². The number of nitrogens with zero attached hydrogens (tertiary/aromatic N) is 4. The minimum atomic E-state index is 0.679. The van der Waals surface area contributed by atoms with Gasteiger partial charge in [0.1, 0.15) is 21.2 Å². The molecular formula is C13H13N5S2. The van der Waals surface area contributed by atoms with Gasteiger partial charge in [-0.25, -0.2) is 19.9 Å². The van der Waals surface area contributed by atoms with Crippen molar-refractivity contribution in [2.45, 2.75) is 23.4 Å². The second-order valence-corrected chi connectivity index (χ2v) is 5.97. The van der Waals surface area contributed by atoms with Gasteiger partial charge in [0.2, 0.25) is 5.95 Å². The molecule has 0 radical (unpaired) electrons. The van der Waals surface area contributed by atoms with Crippen LogP contribution in [-0.4, -0.2) is 26.5 Å². The van der Waals surface area contributed by atoms with Crippen LogP contribution in [0.2, 0.25) is 0 Å². The zero-order valence-corrected chi connectivity index (χ0v) is 12.5. The quantitative estimate of drug-likeness (QED) is 0.728. The van der Waals surface area contributed by atoms with Gasteiger partial charge in [-0.05, 0) is 35.7 Å². The first kappa shape index (κ1) is 13.3. The van der Waals surface area contributed by atoms with E-state index in [-0.39, 0.29) is 0 Å². The first-order valence-corrected chi connectivity index (χ1v) is 7.99. The number of rotatable bonds is 5. The summed E-state index contributed by atoms with van der Waals surface area (Å²) in [6, 6.07) is 3.93. The Bertz CT molecular complexity index is 698. The maximum atomic E-state index is 4.59. The molecule has 102 valence electrons. The van der Waals surface area contributed by atoms with E-state index >= 15 is 0 Å². The first-order valence-electron chi connectivity index (χ1n) is 6.30. The lowest BCUT2D eigenvalue weighted by molar-refractivity contribution is 0.946. The third-order valence-electron chi connectivity index (χ3n) is 2.58. The number of thiophene rings is 1. The number of anilines is 1. The number of hydrogen-bond acceptors (Lipinski definition) is 7. The molecule has 3 aromatic rings. The van der Waals surface area contributed by atoms with Gasteiger partial charge in [-0.15, -0.1) is 11.3 Å². The summed E-state index contributed by atoms with van der Waals surface area (Å²) in [7, 11) is 0. The van der Waals surface area contributed by atoms with E-state index in [1.165, 1.54) is 11.8 Å². The molecule has 3 aromatic heterocycles. The van der Waals surface area contributed by atoms with Crippen LogP contribution in [0.15, 0.2) is 40.1 Å². The maximum Gasteiger partial charge on any atom is 0.225 e. The average molecular weight is 303 g/mol. The van der Waals surface area contributed by atoms with Crippen LogP contribution in [0.1, 0.15) is 13.3 Å². The molecule has 3 rings (SSSR count). The van der Waals surface area contributed by atoms with Crippen LogP contribution in [0.25, 0.3) is 10.2 Å². The standard InChI is InChI=1S/C13H13N5S2/c1-2-5-15-13-17-11-9(4-7-19-11)12(18-13)20-10-3-6-14-8-16-10/h3-4,6-8H,2,5H2,1H3,(H,15,17,18). The van der Waals surface area contributed by atoms with Gasteiger partial charge in [0.25, 0.3) is 0 Å². The summed E-state index contributed by atoms with van der Waals surface area (Å²) in [5.41, 5.74) is 0. The second-order valence-electron chi connectivity index (χ2n) is 4.07. The fraction of sp³-hybridized carbons (Fsp3) is 0.231. The van der Waals surface area contributed by atoms with Crippen molar-refractivity contribution in [3.63, 3.8) is 0 Å². The van der Waals surface area contributed by atoms with E-state index in [0.717, 1.165) is 33.2 Å². The molecule has 0 spiro atoms. The van der Waals surface area contributed by atoms with Crippen molar-refractivity contribution in [1.82, 2.24) is 19.9 Å². The van der Waals surface area contributed by atoms with Gasteiger partial charge < -0.3 is 5.32 Å². The van der Waals surface area contributed by atoms with Crippen molar-refractivity contribution in [1.29, 1.82) is 0 Å². The van der Waals surface area contributed by atoms with E-state index in [2.05, 4.69) is 32.2 Å². The Labute approximate surface area is 124 Å². The molecule has 0 atom stereocenters. The lowest BCUT2D eigenvalue weighted by atomic mass is 10.4. The highest BCUT2D eigenvalue weighted by Gasteiger charge is 2.10. The molecule has 0 aliphatic rings. The molecule has 0 bridgehead atoms. The number of hydrogen-bond donors (Lipinski definition) is 1. The van der Waals surface area contributed by atoms with Crippen molar-refractivity contribution in [3.05, 3.63) is 30.0 Å². The molecule has 0 aliphatic heterocycles. The van der Waals surface area contributed by atoms with Crippen LogP contribution in [0.5, 0.6) is 0 Å². The molecule has 1 N–H and O–H groups in total. The summed E-state index contributed by atoms with van der Waals surface area (Å²) in [4.78, 5) is 18.3. The average Bonchev–Trinajstić information content (AvgIpc) is 2.95. The van der Waals surface area contributed by atoms with E-state index in [1.807, 2.05) is 17.5 Å². The van der Waals surface area contributed by atoms with Crippen LogP contribution < -0.4 is 5.32 Å². The molecule has 0 unspecified atom stereocenters. The Morgan fingerprint density at radius 3 is 3.05 bits per heavy atom. The summed E-state index contributed by atoms with van der Waals surface area (Å²) < 4.78 is 0. The highest BCUT2D eigenvalue weighted by atomic mass is 32.2. The lowest BCUT2D eigenvalue weighted by Gasteiger charge is -2.06. The summed E-state index contributed by atoms with van der Waals surface area (Å²) in [6.45, 7) is 2.99. The molecule has 5 nitrogen and oxygen atoms in total. The SMILES string of the molecule is CCCNc1nc(Sc2ccncn2)c2ccsc2n1. The minimum Gasteiger partial charge on any atom is -0.354 e. The van der Waals surface area contributed by atoms with Crippen LogP contribution in [0.4, 0.5) is 5.95 Å². The molecule has 0 saturated carbocycles. The van der Waals surface area contributed by atoms with Crippen molar-refractivity contribution in [3.8, 4) is 0 Å². The summed E-state index contributed by atoms with van der Waals surface area (Å²) in [5.74, 6) is 0.679. The molecule has 7 heteroatoms. The number of fused-ring (bicyclic) bond motifs is 1. The van der Waals surface area contributed by atoms with Gasteiger partial charge in [-0.2, -0.15) is 0 Å². The zero-order chi connectivity index (χ0) is 13.8. The van der Waals surface area contributed by atoms with E-state index in [9.17, 15) is 0 Å². The van der Waals surface area contributed by atoms with Crippen LogP contribution >= 0.6 is 23.1 Å². The van der Waals surface area contributed by atoms with Gasteiger partial charge in [0, 0.05) is 18.1 Å². The Morgan fingerprint density at radius 1 is 1.30 bits per heavy atom. The third kappa shape index (κ3) is 2.88. The van der Waals surface area contributed by atoms with Gasteiger partial charge in [-0.1, -0.05) is 6.92 Å². The topological polar surface area (TPSA) is 63.6 Å². The summed E-state index contributed by atoms with van der Waals surface area (Å²) >= 11 is 3.16. The number of aromatic nitrogens is 4. The maximum absolute atomic E-state index is 4.59. The molecule has 0 aromatic carbocycles. The van der Waals surface area contributed by atoms with E-state index in [0.29, 0.717) is 5.95 Å². The Balaban J connectivity index is 1.97. The van der Waals surface area contributed by atoms with E-state index < -0.39 is 0 Å². The van der Waals surface area contributed by atoms with Crippen molar-refractivity contribution in [2.75, 3.05) is 11.9 Å². The predicted octanol–water partition coefficient (Wildman–Crippen LogP) is 3.45. The summed E-state index contributed by atoms with van der Waals surface area (Å²) in [5, 5.41) is 8.15. The smallest absolute Gasteiger partial charge is 0.225 e. The molecule has 3 heterocycles. The lowest BCUT2D eigenvalue weighted by Crippen LogP contribution is -2.04. The Kier molecular flexibility index (Phi) is 4.08. The molecule has 0 saturated heterocycles. The van der Waals surface area contributed by atoms with Crippen LogP contribution in [-0.2, 0) is 0 Å². The molecule has 0 aliphatic carbocycles. The fourth-order valence-corrected chi connectivity index (χ4v) is 3.32. The Hall–Kier alpha value is -1.73. The third-order valence-corrected chi connectivity index (χ3v) is 4.34. The van der Waals surface area contributed by atoms with Crippen LogP contribution in [0, 0.1) is 0 Å². The molecule has 20 heavy (non-hydrogen) atoms. The largest absolute Gasteiger partial charge is 0.354 e. The van der Waals surface area contributed by atoms with Gasteiger partial charge in [-0.3, -0.25) is 0 Å². The highest BCUT2D eigenvalue weighted by molar-refractivity contribution is 7.99. The normalized spacial score (nSPS) is 10.8. The highest BCUT2D eigenvalue weighted by Crippen LogP contribution is 2.33. The summed E-state index contributed by atoms with van der Waals surface area (Å²) in [6.07, 6.45) is 4.32. The van der Waals surface area contributed by atoms with Gasteiger partial charge in [0.05, 0.1) is 0 Å². The molecular weight excluding hydrogens is 290 g/mol. The van der Waals surface area contributed by atoms with E-state index in [4.69, 9.17) is 0 Å². The van der Waals surface area contributed by atoms with Crippen molar-refractivity contribution < 1.29 is 0 Å². The monoisotopic (exact) mass is 303 g/mol. The molecule has 0 fully saturated rings. The minimum absolute atomic E-state index is 0.679. The first-order chi connectivity index (χ1) is 9.86. The number of nitrogens with one attached hydrogen (secondary N) is 1. The fourth-order valence-electron chi connectivity index (χ4n) is 1.66. The van der Waals surface area contributed by atoms with Gasteiger partial charge in [0.15, 0.2) is 0 Å².